The van der Waals surface area contributed by atoms with Crippen LogP contribution in [0.5, 0.6) is 0 Å². The van der Waals surface area contributed by atoms with Gasteiger partial charge in [0.2, 0.25) is 11.8 Å². The molecular formula is C22H22N4O2. The van der Waals surface area contributed by atoms with Gasteiger partial charge in [0.1, 0.15) is 6.04 Å². The van der Waals surface area contributed by atoms with Crippen LogP contribution in [0.2, 0.25) is 0 Å². The van der Waals surface area contributed by atoms with E-state index in [1.165, 1.54) is 0 Å². The van der Waals surface area contributed by atoms with E-state index in [0.29, 0.717) is 19.4 Å². The van der Waals surface area contributed by atoms with E-state index in [0.717, 1.165) is 27.8 Å². The van der Waals surface area contributed by atoms with Crippen LogP contribution < -0.4 is 15.5 Å². The summed E-state index contributed by atoms with van der Waals surface area (Å²) in [5.41, 5.74) is 4.01. The molecule has 5 rings (SSSR count). The fourth-order valence-electron chi connectivity index (χ4n) is 4.52. The zero-order valence-electron chi connectivity index (χ0n) is 15.7. The van der Waals surface area contributed by atoms with Gasteiger partial charge in [-0.3, -0.25) is 9.59 Å². The molecule has 142 valence electrons. The molecule has 28 heavy (non-hydrogen) atoms. The highest BCUT2D eigenvalue weighted by molar-refractivity contribution is 6.04. The number of hydrogen-bond donors (Lipinski definition) is 2. The maximum atomic E-state index is 12.7. The van der Waals surface area contributed by atoms with Crippen molar-refractivity contribution < 1.29 is 9.59 Å². The first kappa shape index (κ1) is 16.9. The summed E-state index contributed by atoms with van der Waals surface area (Å²) in [6.07, 6.45) is 2.98. The zero-order chi connectivity index (χ0) is 19.3. The molecular weight excluding hydrogens is 352 g/mol. The summed E-state index contributed by atoms with van der Waals surface area (Å²) in [5, 5.41) is 7.22. The third-order valence-electron chi connectivity index (χ3n) is 5.77. The van der Waals surface area contributed by atoms with E-state index in [4.69, 9.17) is 0 Å². The van der Waals surface area contributed by atoms with Crippen LogP contribution in [0.15, 0.2) is 54.7 Å². The van der Waals surface area contributed by atoms with Crippen molar-refractivity contribution in [2.45, 2.75) is 24.9 Å². The van der Waals surface area contributed by atoms with Gasteiger partial charge in [0.05, 0.1) is 17.8 Å². The summed E-state index contributed by atoms with van der Waals surface area (Å²) in [6.45, 7) is 0.649. The number of aromatic nitrogens is 1. The molecule has 3 aromatic rings. The first-order valence-corrected chi connectivity index (χ1v) is 9.59. The van der Waals surface area contributed by atoms with Gasteiger partial charge in [0.15, 0.2) is 0 Å². The van der Waals surface area contributed by atoms with Gasteiger partial charge in [0.25, 0.3) is 0 Å². The molecule has 0 radical (unpaired) electrons. The first-order valence-electron chi connectivity index (χ1n) is 9.59. The highest BCUT2D eigenvalue weighted by Crippen LogP contribution is 2.36. The zero-order valence-corrected chi connectivity index (χ0v) is 15.7. The summed E-state index contributed by atoms with van der Waals surface area (Å²) in [4.78, 5) is 27.3. The Bertz CT molecular complexity index is 1090. The second kappa shape index (κ2) is 6.41. The fourth-order valence-corrected chi connectivity index (χ4v) is 4.52. The maximum Gasteiger partial charge on any atom is 0.247 e. The summed E-state index contributed by atoms with van der Waals surface area (Å²) in [6, 6.07) is 15.7. The van der Waals surface area contributed by atoms with Crippen LogP contribution in [-0.4, -0.2) is 35.0 Å². The average molecular weight is 374 g/mol. The Balaban J connectivity index is 1.31. The molecule has 6 nitrogen and oxygen atoms in total. The molecule has 6 heteroatoms. The van der Waals surface area contributed by atoms with Crippen molar-refractivity contribution in [3.8, 4) is 0 Å². The quantitative estimate of drug-likeness (QED) is 0.740. The highest BCUT2D eigenvalue weighted by atomic mass is 16.2. The van der Waals surface area contributed by atoms with Gasteiger partial charge >= 0.3 is 0 Å². The fraction of sp³-hybridized carbons (Fsp3) is 0.273. The Morgan fingerprint density at radius 3 is 2.86 bits per heavy atom. The predicted molar refractivity (Wildman–Crippen MR) is 109 cm³/mol. The van der Waals surface area contributed by atoms with Gasteiger partial charge in [-0.15, -0.1) is 0 Å². The summed E-state index contributed by atoms with van der Waals surface area (Å²) < 4.78 is 2.05. The molecule has 2 atom stereocenters. The smallest absolute Gasteiger partial charge is 0.247 e. The third-order valence-corrected chi connectivity index (χ3v) is 5.77. The van der Waals surface area contributed by atoms with Gasteiger partial charge in [-0.05, 0) is 30.2 Å². The van der Waals surface area contributed by atoms with Gasteiger partial charge in [-0.2, -0.15) is 0 Å². The van der Waals surface area contributed by atoms with Gasteiger partial charge in [-0.1, -0.05) is 30.3 Å². The van der Waals surface area contributed by atoms with Crippen LogP contribution in [-0.2, 0) is 23.1 Å². The van der Waals surface area contributed by atoms with E-state index in [2.05, 4.69) is 32.2 Å². The lowest BCUT2D eigenvalue weighted by Crippen LogP contribution is -2.44. The van der Waals surface area contributed by atoms with E-state index in [1.807, 2.05) is 49.6 Å². The minimum Gasteiger partial charge on any atom is -0.356 e. The van der Waals surface area contributed by atoms with Crippen molar-refractivity contribution in [2.24, 2.45) is 7.05 Å². The van der Waals surface area contributed by atoms with Crippen molar-refractivity contribution in [1.82, 2.24) is 9.88 Å². The molecule has 2 amide bonds. The number of para-hydroxylation sites is 3. The average Bonchev–Trinajstić information content (AvgIpc) is 3.24. The molecule has 2 aliphatic rings. The number of carbonyl (C=O) groups excluding carboxylic acids is 2. The number of aryl methyl sites for hydroxylation is 1. The summed E-state index contributed by atoms with van der Waals surface area (Å²) in [7, 11) is 1.99. The van der Waals surface area contributed by atoms with Crippen LogP contribution in [0.4, 0.5) is 11.4 Å². The number of fused-ring (bicyclic) bond motifs is 4. The highest BCUT2D eigenvalue weighted by Gasteiger charge is 2.41. The molecule has 2 aromatic carbocycles. The minimum atomic E-state index is -0.224. The lowest BCUT2D eigenvalue weighted by Gasteiger charge is -2.32. The standard InChI is InChI=1S/C22H22N4O2/c1-25-12-14(16-6-2-4-8-18(16)25)10-21(27)23-15-11-20-22(28)24-17-7-3-5-9-19(17)26(20)13-15/h2-9,12,15,20H,10-11,13H2,1H3,(H,23,27)(H,24,28). The Morgan fingerprint density at radius 1 is 1.18 bits per heavy atom. The van der Waals surface area contributed by atoms with Crippen LogP contribution in [0.1, 0.15) is 12.0 Å². The molecule has 2 unspecified atom stereocenters. The van der Waals surface area contributed by atoms with Crippen molar-refractivity contribution in [3.63, 3.8) is 0 Å². The van der Waals surface area contributed by atoms with Crippen LogP contribution in [0.3, 0.4) is 0 Å². The monoisotopic (exact) mass is 374 g/mol. The van der Waals surface area contributed by atoms with Crippen molar-refractivity contribution in [1.29, 1.82) is 0 Å². The number of hydrogen-bond acceptors (Lipinski definition) is 3. The largest absolute Gasteiger partial charge is 0.356 e. The number of benzene rings is 2. The van der Waals surface area contributed by atoms with Crippen molar-refractivity contribution in [3.05, 3.63) is 60.3 Å². The molecule has 1 saturated heterocycles. The van der Waals surface area contributed by atoms with E-state index in [-0.39, 0.29) is 23.9 Å². The lowest BCUT2D eigenvalue weighted by molar-refractivity contribution is -0.121. The SMILES string of the molecule is Cn1cc(CC(=O)NC2CC3C(=O)Nc4ccccc4N3C2)c2ccccc21. The van der Waals surface area contributed by atoms with E-state index in [9.17, 15) is 9.59 Å². The molecule has 2 N–H and O–H groups in total. The van der Waals surface area contributed by atoms with E-state index in [1.54, 1.807) is 0 Å². The van der Waals surface area contributed by atoms with E-state index < -0.39 is 0 Å². The molecule has 0 bridgehead atoms. The Kier molecular flexibility index (Phi) is 3.86. The number of rotatable bonds is 3. The normalized spacial score (nSPS) is 20.6. The molecule has 0 saturated carbocycles. The molecule has 3 heterocycles. The van der Waals surface area contributed by atoms with Crippen molar-refractivity contribution in [2.75, 3.05) is 16.8 Å². The topological polar surface area (TPSA) is 66.4 Å². The van der Waals surface area contributed by atoms with E-state index >= 15 is 0 Å². The summed E-state index contributed by atoms with van der Waals surface area (Å²) >= 11 is 0. The van der Waals surface area contributed by atoms with Crippen LogP contribution in [0.25, 0.3) is 10.9 Å². The Hall–Kier alpha value is -3.28. The number of nitrogens with zero attached hydrogens (tertiary/aromatic N) is 2. The number of carbonyl (C=O) groups is 2. The Morgan fingerprint density at radius 2 is 1.96 bits per heavy atom. The number of amides is 2. The third kappa shape index (κ3) is 2.72. The molecule has 1 aromatic heterocycles. The van der Waals surface area contributed by atoms with Gasteiger partial charge < -0.3 is 20.1 Å². The van der Waals surface area contributed by atoms with Crippen molar-refractivity contribution >= 4 is 34.1 Å². The first-order chi connectivity index (χ1) is 13.6. The van der Waals surface area contributed by atoms with Crippen LogP contribution in [0, 0.1) is 0 Å². The lowest BCUT2D eigenvalue weighted by atomic mass is 10.1. The second-order valence-electron chi connectivity index (χ2n) is 7.63. The Labute approximate surface area is 163 Å². The predicted octanol–water partition coefficient (Wildman–Crippen LogP) is 2.44. The molecule has 0 spiro atoms. The molecule has 0 aliphatic carbocycles. The van der Waals surface area contributed by atoms with Crippen LogP contribution >= 0.6 is 0 Å². The maximum absolute atomic E-state index is 12.7. The van der Waals surface area contributed by atoms with Gasteiger partial charge in [-0.25, -0.2) is 0 Å². The second-order valence-corrected chi connectivity index (χ2v) is 7.63. The molecule has 2 aliphatic heterocycles. The van der Waals surface area contributed by atoms with Gasteiger partial charge in [0, 0.05) is 36.7 Å². The number of nitrogens with one attached hydrogen (secondary N) is 2. The molecule has 1 fully saturated rings. The number of anilines is 2. The summed E-state index contributed by atoms with van der Waals surface area (Å²) in [5.74, 6) is -0.000560. The minimum absolute atomic E-state index is 0.00417.